The monoisotopic (exact) mass is 318 g/mol. The van der Waals surface area contributed by atoms with Gasteiger partial charge >= 0.3 is 0 Å². The van der Waals surface area contributed by atoms with Crippen LogP contribution >= 0.6 is 24.0 Å². The van der Waals surface area contributed by atoms with E-state index in [9.17, 15) is 4.79 Å². The summed E-state index contributed by atoms with van der Waals surface area (Å²) in [6.07, 6.45) is 1.37. The highest BCUT2D eigenvalue weighted by molar-refractivity contribution is 6.30. The Labute approximate surface area is 130 Å². The summed E-state index contributed by atoms with van der Waals surface area (Å²) < 4.78 is 5.30. The Balaban J connectivity index is 0.00000200. The van der Waals surface area contributed by atoms with Crippen molar-refractivity contribution in [1.82, 2.24) is 5.32 Å². The standard InChI is InChI=1S/C14H19ClN2O2.ClH/c15-12-3-1-2-11(8-12)9-17-13(18)14(10-16)4-6-19-7-5-14;/h1-3,8H,4-7,9-10,16H2,(H,17,18);1H. The highest BCUT2D eigenvalue weighted by Gasteiger charge is 2.38. The van der Waals surface area contributed by atoms with Gasteiger partial charge in [0, 0.05) is 31.3 Å². The van der Waals surface area contributed by atoms with Crippen LogP contribution in [0.5, 0.6) is 0 Å². The van der Waals surface area contributed by atoms with Crippen LogP contribution in [-0.2, 0) is 16.1 Å². The highest BCUT2D eigenvalue weighted by Crippen LogP contribution is 2.29. The average molecular weight is 319 g/mol. The summed E-state index contributed by atoms with van der Waals surface area (Å²) in [4.78, 5) is 12.3. The van der Waals surface area contributed by atoms with Gasteiger partial charge in [0.15, 0.2) is 0 Å². The second-order valence-electron chi connectivity index (χ2n) is 4.91. The van der Waals surface area contributed by atoms with Gasteiger partial charge in [-0.1, -0.05) is 23.7 Å². The number of amides is 1. The van der Waals surface area contributed by atoms with Gasteiger partial charge in [-0.15, -0.1) is 12.4 Å². The SMILES string of the molecule is Cl.NCC1(C(=O)NCc2cccc(Cl)c2)CCOCC1. The Hall–Kier alpha value is -0.810. The number of hydrogen-bond donors (Lipinski definition) is 2. The van der Waals surface area contributed by atoms with Crippen molar-refractivity contribution in [1.29, 1.82) is 0 Å². The first-order valence-corrected chi connectivity index (χ1v) is 6.85. The summed E-state index contributed by atoms with van der Waals surface area (Å²) in [6.45, 7) is 2.03. The minimum Gasteiger partial charge on any atom is -0.381 e. The van der Waals surface area contributed by atoms with Crippen LogP contribution in [0.4, 0.5) is 0 Å². The van der Waals surface area contributed by atoms with Gasteiger partial charge in [0.05, 0.1) is 5.41 Å². The number of rotatable bonds is 4. The Morgan fingerprint density at radius 3 is 2.70 bits per heavy atom. The third-order valence-corrected chi connectivity index (χ3v) is 3.90. The fourth-order valence-corrected chi connectivity index (χ4v) is 2.52. The number of carbonyl (C=O) groups is 1. The van der Waals surface area contributed by atoms with E-state index in [1.54, 1.807) is 0 Å². The Bertz CT molecular complexity index is 449. The Morgan fingerprint density at radius 1 is 1.40 bits per heavy atom. The molecule has 1 aliphatic rings. The van der Waals surface area contributed by atoms with E-state index in [-0.39, 0.29) is 18.3 Å². The molecule has 1 aliphatic heterocycles. The molecule has 4 nitrogen and oxygen atoms in total. The van der Waals surface area contributed by atoms with Gasteiger partial charge in [0.1, 0.15) is 0 Å². The predicted molar refractivity (Wildman–Crippen MR) is 82.1 cm³/mol. The zero-order valence-electron chi connectivity index (χ0n) is 11.2. The molecule has 1 aromatic rings. The highest BCUT2D eigenvalue weighted by atomic mass is 35.5. The molecule has 6 heteroatoms. The zero-order valence-corrected chi connectivity index (χ0v) is 12.8. The summed E-state index contributed by atoms with van der Waals surface area (Å²) in [5.74, 6) is 0.0123. The van der Waals surface area contributed by atoms with E-state index < -0.39 is 5.41 Å². The van der Waals surface area contributed by atoms with Gasteiger partial charge in [0.25, 0.3) is 0 Å². The average Bonchev–Trinajstić information content (AvgIpc) is 2.45. The lowest BCUT2D eigenvalue weighted by Crippen LogP contribution is -2.48. The molecular weight excluding hydrogens is 299 g/mol. The summed E-state index contributed by atoms with van der Waals surface area (Å²) in [5.41, 5.74) is 6.31. The molecule has 0 saturated carbocycles. The number of ether oxygens (including phenoxy) is 1. The third kappa shape index (κ3) is 4.09. The van der Waals surface area contributed by atoms with Crippen LogP contribution in [-0.4, -0.2) is 25.7 Å². The molecule has 2 rings (SSSR count). The van der Waals surface area contributed by atoms with Crippen LogP contribution in [0, 0.1) is 5.41 Å². The molecule has 0 atom stereocenters. The first-order valence-electron chi connectivity index (χ1n) is 6.47. The van der Waals surface area contributed by atoms with Gasteiger partial charge in [-0.25, -0.2) is 0 Å². The molecule has 0 radical (unpaired) electrons. The van der Waals surface area contributed by atoms with Crippen LogP contribution in [0.15, 0.2) is 24.3 Å². The first-order chi connectivity index (χ1) is 9.16. The molecule has 1 saturated heterocycles. The molecule has 1 fully saturated rings. The number of halogens is 2. The maximum atomic E-state index is 12.3. The smallest absolute Gasteiger partial charge is 0.227 e. The fourth-order valence-electron chi connectivity index (χ4n) is 2.30. The van der Waals surface area contributed by atoms with E-state index in [1.807, 2.05) is 24.3 Å². The number of hydrogen-bond acceptors (Lipinski definition) is 3. The van der Waals surface area contributed by atoms with Gasteiger partial charge in [0.2, 0.25) is 5.91 Å². The van der Waals surface area contributed by atoms with Gasteiger partial charge in [-0.3, -0.25) is 4.79 Å². The normalized spacial score (nSPS) is 17.1. The molecule has 0 aliphatic carbocycles. The molecule has 3 N–H and O–H groups in total. The molecule has 20 heavy (non-hydrogen) atoms. The lowest BCUT2D eigenvalue weighted by Gasteiger charge is -2.34. The van der Waals surface area contributed by atoms with Crippen molar-refractivity contribution in [2.45, 2.75) is 19.4 Å². The van der Waals surface area contributed by atoms with E-state index in [0.29, 0.717) is 44.2 Å². The fraction of sp³-hybridized carbons (Fsp3) is 0.500. The lowest BCUT2D eigenvalue weighted by molar-refractivity contribution is -0.136. The number of carbonyl (C=O) groups excluding carboxylic acids is 1. The minimum absolute atomic E-state index is 0. The summed E-state index contributed by atoms with van der Waals surface area (Å²) in [5, 5.41) is 3.63. The summed E-state index contributed by atoms with van der Waals surface area (Å²) in [7, 11) is 0. The van der Waals surface area contributed by atoms with Crippen molar-refractivity contribution in [3.8, 4) is 0 Å². The van der Waals surface area contributed by atoms with E-state index in [1.165, 1.54) is 0 Å². The summed E-state index contributed by atoms with van der Waals surface area (Å²) >= 11 is 5.91. The lowest BCUT2D eigenvalue weighted by atomic mass is 9.79. The number of nitrogens with one attached hydrogen (secondary N) is 1. The Kier molecular flexibility index (Phi) is 6.76. The second-order valence-corrected chi connectivity index (χ2v) is 5.35. The van der Waals surface area contributed by atoms with E-state index in [4.69, 9.17) is 22.1 Å². The van der Waals surface area contributed by atoms with Crippen LogP contribution in [0.3, 0.4) is 0 Å². The minimum atomic E-state index is -0.475. The molecule has 1 heterocycles. The van der Waals surface area contributed by atoms with Gasteiger partial charge in [-0.05, 0) is 30.5 Å². The maximum Gasteiger partial charge on any atom is 0.227 e. The molecule has 0 spiro atoms. The zero-order chi connectivity index (χ0) is 13.7. The topological polar surface area (TPSA) is 64.4 Å². The van der Waals surface area contributed by atoms with Gasteiger partial charge < -0.3 is 15.8 Å². The largest absolute Gasteiger partial charge is 0.381 e. The van der Waals surface area contributed by atoms with Crippen molar-refractivity contribution in [2.24, 2.45) is 11.1 Å². The van der Waals surface area contributed by atoms with Crippen LogP contribution in [0.2, 0.25) is 5.02 Å². The van der Waals surface area contributed by atoms with Crippen LogP contribution in [0.1, 0.15) is 18.4 Å². The first kappa shape index (κ1) is 17.2. The van der Waals surface area contributed by atoms with E-state index in [2.05, 4.69) is 5.32 Å². The number of nitrogens with two attached hydrogens (primary N) is 1. The van der Waals surface area contributed by atoms with E-state index in [0.717, 1.165) is 5.56 Å². The van der Waals surface area contributed by atoms with Crippen molar-refractivity contribution in [2.75, 3.05) is 19.8 Å². The van der Waals surface area contributed by atoms with Crippen molar-refractivity contribution >= 4 is 29.9 Å². The van der Waals surface area contributed by atoms with Crippen LogP contribution < -0.4 is 11.1 Å². The molecular formula is C14H20Cl2N2O2. The summed E-state index contributed by atoms with van der Waals surface area (Å²) in [6, 6.07) is 7.47. The molecule has 1 amide bonds. The van der Waals surface area contributed by atoms with Crippen molar-refractivity contribution in [3.63, 3.8) is 0 Å². The predicted octanol–water partition coefficient (Wildman–Crippen LogP) is 2.13. The van der Waals surface area contributed by atoms with Crippen molar-refractivity contribution in [3.05, 3.63) is 34.9 Å². The maximum absolute atomic E-state index is 12.3. The van der Waals surface area contributed by atoms with Crippen molar-refractivity contribution < 1.29 is 9.53 Å². The van der Waals surface area contributed by atoms with Gasteiger partial charge in [-0.2, -0.15) is 0 Å². The Morgan fingerprint density at radius 2 is 2.10 bits per heavy atom. The molecule has 112 valence electrons. The molecule has 0 unspecified atom stereocenters. The second kappa shape index (κ2) is 7.84. The van der Waals surface area contributed by atoms with E-state index >= 15 is 0 Å². The third-order valence-electron chi connectivity index (χ3n) is 3.66. The quantitative estimate of drug-likeness (QED) is 0.894. The molecule has 1 aromatic carbocycles. The molecule has 0 bridgehead atoms. The van der Waals surface area contributed by atoms with Crippen LogP contribution in [0.25, 0.3) is 0 Å². The molecule has 0 aromatic heterocycles. The number of benzene rings is 1.